The molecule has 0 aliphatic rings. The van der Waals surface area contributed by atoms with Crippen molar-refractivity contribution in [2.24, 2.45) is 0 Å². The summed E-state index contributed by atoms with van der Waals surface area (Å²) >= 11 is 0. The average molecular weight is 153 g/mol. The summed E-state index contributed by atoms with van der Waals surface area (Å²) in [6.07, 6.45) is 6.73. The Hall–Kier alpha value is -0.970. The molecular weight excluding hydrogens is 138 g/mol. The molecule has 0 spiro atoms. The fraction of sp³-hybridized carbons (Fsp3) is 0.667. The highest BCUT2D eigenvalue weighted by Crippen LogP contribution is 2.12. The van der Waals surface area contributed by atoms with Crippen molar-refractivity contribution in [1.29, 1.82) is 0 Å². The molecule has 0 aliphatic heterocycles. The summed E-state index contributed by atoms with van der Waals surface area (Å²) in [7, 11) is 0. The van der Waals surface area contributed by atoms with Crippen LogP contribution < -0.4 is 5.32 Å². The van der Waals surface area contributed by atoms with Crippen molar-refractivity contribution < 1.29 is 4.79 Å². The van der Waals surface area contributed by atoms with Gasteiger partial charge in [0.1, 0.15) is 0 Å². The summed E-state index contributed by atoms with van der Waals surface area (Å²) in [6.45, 7) is 6.04. The summed E-state index contributed by atoms with van der Waals surface area (Å²) in [5.41, 5.74) is -0.135. The van der Waals surface area contributed by atoms with Gasteiger partial charge >= 0.3 is 0 Å². The fourth-order valence-electron chi connectivity index (χ4n) is 0.737. The van der Waals surface area contributed by atoms with Gasteiger partial charge in [-0.3, -0.25) is 4.79 Å². The topological polar surface area (TPSA) is 29.1 Å². The van der Waals surface area contributed by atoms with Gasteiger partial charge < -0.3 is 5.32 Å². The van der Waals surface area contributed by atoms with Crippen molar-refractivity contribution in [2.75, 3.05) is 0 Å². The van der Waals surface area contributed by atoms with Crippen LogP contribution in [0.4, 0.5) is 0 Å². The quantitative estimate of drug-likeness (QED) is 0.609. The van der Waals surface area contributed by atoms with Gasteiger partial charge in [-0.2, -0.15) is 0 Å². The number of rotatable bonds is 3. The van der Waals surface area contributed by atoms with Gasteiger partial charge in [-0.05, 0) is 25.7 Å². The Morgan fingerprint density at radius 2 is 2.00 bits per heavy atom. The minimum absolute atomic E-state index is 0.135. The third kappa shape index (κ3) is 3.08. The number of carbonyl (C=O) groups is 1. The molecule has 0 heterocycles. The first kappa shape index (κ1) is 10.0. The number of hydrogen-bond acceptors (Lipinski definition) is 1. The van der Waals surface area contributed by atoms with Crippen LogP contribution in [0.2, 0.25) is 0 Å². The molecule has 0 unspecified atom stereocenters. The van der Waals surface area contributed by atoms with E-state index in [1.807, 2.05) is 26.7 Å². The zero-order valence-corrected chi connectivity index (χ0v) is 7.40. The zero-order chi connectivity index (χ0) is 8.91. The predicted octanol–water partition coefficient (Wildman–Crippen LogP) is 1.31. The number of amides is 1. The first-order valence-electron chi connectivity index (χ1n) is 3.86. The van der Waals surface area contributed by atoms with Gasteiger partial charge in [-0.1, -0.05) is 13.8 Å². The molecule has 2 nitrogen and oxygen atoms in total. The molecule has 0 atom stereocenters. The second-order valence-corrected chi connectivity index (χ2v) is 2.87. The molecule has 0 rings (SSSR count). The number of nitrogens with one attached hydrogen (secondary N) is 1. The van der Waals surface area contributed by atoms with Gasteiger partial charge in [-0.15, -0.1) is 6.42 Å². The molecule has 0 aromatic heterocycles. The lowest BCUT2D eigenvalue weighted by atomic mass is 9.96. The summed E-state index contributed by atoms with van der Waals surface area (Å²) in [5, 5.41) is 2.77. The molecule has 2 heteroatoms. The highest BCUT2D eigenvalue weighted by atomic mass is 16.1. The normalized spacial score (nSPS) is 10.4. The molecular formula is C9H15NO. The molecule has 0 saturated heterocycles. The van der Waals surface area contributed by atoms with Crippen LogP contribution in [0.25, 0.3) is 0 Å². The average Bonchev–Trinajstić information content (AvgIpc) is 2.04. The second-order valence-electron chi connectivity index (χ2n) is 2.87. The Bertz CT molecular complexity index is 174. The summed E-state index contributed by atoms with van der Waals surface area (Å²) < 4.78 is 0. The largest absolute Gasteiger partial charge is 0.340 e. The maximum Gasteiger partial charge on any atom is 0.296 e. The van der Waals surface area contributed by atoms with Crippen LogP contribution in [0.3, 0.4) is 0 Å². The fourth-order valence-corrected chi connectivity index (χ4v) is 0.737. The first-order chi connectivity index (χ1) is 5.08. The lowest BCUT2D eigenvalue weighted by Crippen LogP contribution is -2.44. The van der Waals surface area contributed by atoms with Crippen LogP contribution >= 0.6 is 0 Å². The SMILES string of the molecule is C#CC(=O)NC(C)(CC)CC. The molecule has 0 fully saturated rings. The van der Waals surface area contributed by atoms with Crippen LogP contribution in [-0.4, -0.2) is 11.4 Å². The van der Waals surface area contributed by atoms with Gasteiger partial charge in [-0.25, -0.2) is 0 Å². The number of terminal acetylenes is 1. The molecule has 0 bridgehead atoms. The molecule has 0 radical (unpaired) electrons. The molecule has 0 aromatic rings. The maximum absolute atomic E-state index is 10.8. The summed E-state index contributed by atoms with van der Waals surface area (Å²) in [5.74, 6) is 1.72. The molecule has 0 aromatic carbocycles. The minimum atomic E-state index is -0.323. The summed E-state index contributed by atoms with van der Waals surface area (Å²) in [4.78, 5) is 10.8. The molecule has 62 valence electrons. The monoisotopic (exact) mass is 153 g/mol. The van der Waals surface area contributed by atoms with E-state index in [2.05, 4.69) is 5.32 Å². The van der Waals surface area contributed by atoms with E-state index in [4.69, 9.17) is 6.42 Å². The Kier molecular flexibility index (Phi) is 3.67. The van der Waals surface area contributed by atoms with Crippen LogP contribution in [0.15, 0.2) is 0 Å². The Morgan fingerprint density at radius 3 is 2.27 bits per heavy atom. The number of hydrogen-bond donors (Lipinski definition) is 1. The van der Waals surface area contributed by atoms with Crippen LogP contribution in [0.1, 0.15) is 33.6 Å². The lowest BCUT2D eigenvalue weighted by Gasteiger charge is -2.26. The Labute approximate surface area is 68.4 Å². The van der Waals surface area contributed by atoms with Crippen molar-refractivity contribution in [3.05, 3.63) is 0 Å². The highest BCUT2D eigenvalue weighted by Gasteiger charge is 2.20. The van der Waals surface area contributed by atoms with E-state index in [1.165, 1.54) is 0 Å². The van der Waals surface area contributed by atoms with Crippen molar-refractivity contribution >= 4 is 5.91 Å². The second kappa shape index (κ2) is 4.02. The van der Waals surface area contributed by atoms with Crippen molar-refractivity contribution in [1.82, 2.24) is 5.32 Å². The molecule has 1 amide bonds. The molecule has 0 saturated carbocycles. The van der Waals surface area contributed by atoms with E-state index in [-0.39, 0.29) is 11.4 Å². The van der Waals surface area contributed by atoms with Crippen LogP contribution in [0.5, 0.6) is 0 Å². The third-order valence-corrected chi connectivity index (χ3v) is 2.11. The van der Waals surface area contributed by atoms with E-state index < -0.39 is 0 Å². The van der Waals surface area contributed by atoms with E-state index in [9.17, 15) is 4.79 Å². The Morgan fingerprint density at radius 1 is 1.55 bits per heavy atom. The van der Waals surface area contributed by atoms with Crippen molar-refractivity contribution in [3.8, 4) is 12.3 Å². The van der Waals surface area contributed by atoms with Gasteiger partial charge in [0.2, 0.25) is 0 Å². The molecule has 1 N–H and O–H groups in total. The van der Waals surface area contributed by atoms with E-state index in [1.54, 1.807) is 0 Å². The van der Waals surface area contributed by atoms with E-state index in [0.717, 1.165) is 12.8 Å². The third-order valence-electron chi connectivity index (χ3n) is 2.11. The minimum Gasteiger partial charge on any atom is -0.340 e. The van der Waals surface area contributed by atoms with E-state index >= 15 is 0 Å². The highest BCUT2D eigenvalue weighted by molar-refractivity contribution is 5.93. The van der Waals surface area contributed by atoms with Gasteiger partial charge in [0, 0.05) is 5.54 Å². The Balaban J connectivity index is 4.10. The number of carbonyl (C=O) groups excluding carboxylic acids is 1. The van der Waals surface area contributed by atoms with Crippen LogP contribution in [-0.2, 0) is 4.79 Å². The maximum atomic E-state index is 10.8. The van der Waals surface area contributed by atoms with Crippen molar-refractivity contribution in [3.63, 3.8) is 0 Å². The molecule has 0 aliphatic carbocycles. The van der Waals surface area contributed by atoms with Gasteiger partial charge in [0.05, 0.1) is 0 Å². The predicted molar refractivity (Wildman–Crippen MR) is 46.0 cm³/mol. The van der Waals surface area contributed by atoms with Crippen molar-refractivity contribution in [2.45, 2.75) is 39.2 Å². The van der Waals surface area contributed by atoms with E-state index in [0.29, 0.717) is 0 Å². The van der Waals surface area contributed by atoms with Crippen LogP contribution in [0, 0.1) is 12.3 Å². The van der Waals surface area contributed by atoms with Gasteiger partial charge in [0.25, 0.3) is 5.91 Å². The zero-order valence-electron chi connectivity index (χ0n) is 7.40. The first-order valence-corrected chi connectivity index (χ1v) is 3.86. The lowest BCUT2D eigenvalue weighted by molar-refractivity contribution is -0.117. The van der Waals surface area contributed by atoms with Gasteiger partial charge in [0.15, 0.2) is 0 Å². The smallest absolute Gasteiger partial charge is 0.296 e. The summed E-state index contributed by atoms with van der Waals surface area (Å²) in [6, 6.07) is 0. The standard InChI is InChI=1S/C9H15NO/c1-5-8(11)10-9(4,6-2)7-3/h1H,6-7H2,2-4H3,(H,10,11). The molecule has 11 heavy (non-hydrogen) atoms.